The summed E-state index contributed by atoms with van der Waals surface area (Å²) >= 11 is 0. The predicted molar refractivity (Wildman–Crippen MR) is 249 cm³/mol. The maximum absolute atomic E-state index is 14.0. The summed E-state index contributed by atoms with van der Waals surface area (Å²) in [5, 5.41) is 5.52. The number of rotatable bonds is 12. The predicted octanol–water partition coefficient (Wildman–Crippen LogP) is 9.52. The third-order valence-electron chi connectivity index (χ3n) is 14.8. The van der Waals surface area contributed by atoms with Gasteiger partial charge in [-0.25, -0.2) is 19.6 Å². The van der Waals surface area contributed by atoms with E-state index in [9.17, 15) is 19.2 Å². The molecular formula is C51H62N8O6. The largest absolute Gasteiger partial charge is 0.453 e. The van der Waals surface area contributed by atoms with E-state index in [0.29, 0.717) is 24.9 Å². The molecule has 2 aliphatic heterocycles. The number of imidazole rings is 2. The number of aromatic amines is 2. The monoisotopic (exact) mass is 882 g/mol. The van der Waals surface area contributed by atoms with Crippen LogP contribution in [0, 0.1) is 11.8 Å². The summed E-state index contributed by atoms with van der Waals surface area (Å²) in [7, 11) is 2.62. The van der Waals surface area contributed by atoms with E-state index in [1.54, 1.807) is 0 Å². The molecule has 10 rings (SSSR count). The van der Waals surface area contributed by atoms with Crippen LogP contribution in [0.3, 0.4) is 0 Å². The van der Waals surface area contributed by atoms with Crippen LogP contribution in [-0.2, 0) is 19.1 Å². The average molecular weight is 883 g/mol. The van der Waals surface area contributed by atoms with Gasteiger partial charge in [0.05, 0.1) is 49.2 Å². The first kappa shape index (κ1) is 44.0. The van der Waals surface area contributed by atoms with Gasteiger partial charge in [0.15, 0.2) is 0 Å². The van der Waals surface area contributed by atoms with Crippen LogP contribution in [0.1, 0.15) is 132 Å². The number of aromatic nitrogens is 4. The van der Waals surface area contributed by atoms with E-state index in [2.05, 4.69) is 75.2 Å². The normalized spacial score (nSPS) is 21.6. The topological polar surface area (TPSA) is 175 Å². The van der Waals surface area contributed by atoms with Crippen molar-refractivity contribution in [3.05, 3.63) is 83.6 Å². The number of carbonyl (C=O) groups excluding carboxylic acids is 4. The second kappa shape index (κ2) is 18.4. The number of fused-ring (bicyclic) bond motifs is 3. The van der Waals surface area contributed by atoms with Gasteiger partial charge in [0.2, 0.25) is 11.8 Å². The SMILES string of the molecule is CCC(C)[C@H](NC(=O)OC)C(=O)N1CCCC1c1nc2ccc(-c3ccc(-c4ccc(-c5cnc([C@@H]6CCCN6C(=O)[C@@H](NC(=O)OC)C(C)C)[nH]5)cc4)c4c3C3CCC4CC3)cc2[nH]1. The van der Waals surface area contributed by atoms with Gasteiger partial charge in [-0.3, -0.25) is 9.59 Å². The van der Waals surface area contributed by atoms with Crippen molar-refractivity contribution in [1.29, 1.82) is 0 Å². The van der Waals surface area contributed by atoms with Crippen molar-refractivity contribution in [2.45, 2.75) is 121 Å². The summed E-state index contributed by atoms with van der Waals surface area (Å²) in [5.41, 5.74) is 11.6. The molecule has 0 spiro atoms. The zero-order valence-corrected chi connectivity index (χ0v) is 38.4. The number of methoxy groups -OCH3 is 2. The molecule has 1 saturated carbocycles. The summed E-state index contributed by atoms with van der Waals surface area (Å²) in [4.78, 5) is 72.6. The zero-order valence-electron chi connectivity index (χ0n) is 38.4. The lowest BCUT2D eigenvalue weighted by molar-refractivity contribution is -0.136. The zero-order chi connectivity index (χ0) is 45.5. The number of nitrogens with zero attached hydrogens (tertiary/aromatic N) is 4. The number of amides is 4. The second-order valence-electron chi connectivity index (χ2n) is 18.9. The number of H-pyrrole nitrogens is 2. The lowest BCUT2D eigenvalue weighted by atomic mass is 9.63. The van der Waals surface area contributed by atoms with Gasteiger partial charge in [0, 0.05) is 13.1 Å². The molecule has 342 valence electrons. The molecular weight excluding hydrogens is 821 g/mol. The van der Waals surface area contributed by atoms with Gasteiger partial charge in [-0.15, -0.1) is 0 Å². The molecule has 2 bridgehead atoms. The number of nitrogens with one attached hydrogen (secondary N) is 4. The highest BCUT2D eigenvalue weighted by Crippen LogP contribution is 2.55. The summed E-state index contributed by atoms with van der Waals surface area (Å²) in [6, 6.07) is 18.1. The van der Waals surface area contributed by atoms with Crippen molar-refractivity contribution >= 4 is 35.0 Å². The van der Waals surface area contributed by atoms with Crippen molar-refractivity contribution < 1.29 is 28.7 Å². The van der Waals surface area contributed by atoms with Gasteiger partial charge in [0.25, 0.3) is 0 Å². The summed E-state index contributed by atoms with van der Waals surface area (Å²) < 4.78 is 9.67. The van der Waals surface area contributed by atoms with E-state index < -0.39 is 24.3 Å². The maximum atomic E-state index is 14.0. The van der Waals surface area contributed by atoms with Crippen molar-refractivity contribution in [2.24, 2.45) is 11.8 Å². The maximum Gasteiger partial charge on any atom is 0.407 e. The highest BCUT2D eigenvalue weighted by atomic mass is 16.5. The minimum Gasteiger partial charge on any atom is -0.453 e. The standard InChI is InChI=1S/C51H62N8O6/c1-7-29(4)45(57-51(63)65-6)49(61)59-25-9-11-41(59)47-53-37-23-20-34(26-38(37)54-47)36-22-21-35(42-32-16-18-33(19-17-32)43(36)42)30-12-14-31(15-13-30)39-27-52-46(55-39)40-10-8-24-58(40)48(60)44(28(2)3)56-50(62)64-5/h12-15,20-23,26-29,32-33,40-41,44-45H,7-11,16-19,24-25H2,1-6H3,(H,52,55)(H,53,54)(H,56,62)(H,57,63)/t29?,32?,33?,40-,41?,44-,45-/m0/s1. The summed E-state index contributed by atoms with van der Waals surface area (Å²) in [6.45, 7) is 9.04. The smallest absolute Gasteiger partial charge is 0.407 e. The molecule has 4 amide bonds. The Labute approximate surface area is 380 Å². The first-order valence-electron chi connectivity index (χ1n) is 23.6. The Balaban J connectivity index is 0.962. The van der Waals surface area contributed by atoms with Crippen molar-refractivity contribution in [3.63, 3.8) is 0 Å². The average Bonchev–Trinajstić information content (AvgIpc) is 4.18. The van der Waals surface area contributed by atoms with Gasteiger partial charge >= 0.3 is 12.2 Å². The van der Waals surface area contributed by atoms with Gasteiger partial charge in [0.1, 0.15) is 23.7 Å². The van der Waals surface area contributed by atoms with E-state index in [-0.39, 0.29) is 35.7 Å². The van der Waals surface area contributed by atoms with Crippen LogP contribution in [0.2, 0.25) is 0 Å². The molecule has 65 heavy (non-hydrogen) atoms. The highest BCUT2D eigenvalue weighted by molar-refractivity contribution is 5.89. The van der Waals surface area contributed by atoms with Crippen LogP contribution in [0.15, 0.2) is 60.8 Å². The van der Waals surface area contributed by atoms with E-state index in [0.717, 1.165) is 71.6 Å². The molecule has 0 radical (unpaired) electrons. The quantitative estimate of drug-likeness (QED) is 0.0959. The molecule has 5 aliphatic rings. The highest BCUT2D eigenvalue weighted by Gasteiger charge is 2.40. The van der Waals surface area contributed by atoms with Crippen LogP contribution in [0.25, 0.3) is 44.5 Å². The Morgan fingerprint density at radius 2 is 1.23 bits per heavy atom. The number of hydrogen-bond acceptors (Lipinski definition) is 8. The van der Waals surface area contributed by atoms with Crippen LogP contribution in [-0.4, -0.2) is 93.1 Å². The molecule has 2 aromatic heterocycles. The number of alkyl carbamates (subject to hydrolysis) is 2. The number of likely N-dealkylation sites (tertiary alicyclic amines) is 2. The molecule has 14 nitrogen and oxygen atoms in total. The number of ether oxygens (including phenoxy) is 2. The number of carbonyl (C=O) groups is 4. The fourth-order valence-electron chi connectivity index (χ4n) is 11.1. The van der Waals surface area contributed by atoms with Gasteiger partial charge < -0.3 is 39.9 Å². The lowest BCUT2D eigenvalue weighted by Crippen LogP contribution is -2.51. The molecule has 3 aliphatic carbocycles. The van der Waals surface area contributed by atoms with Crippen LogP contribution < -0.4 is 10.6 Å². The second-order valence-corrected chi connectivity index (χ2v) is 18.9. The van der Waals surface area contributed by atoms with Gasteiger partial charge in [-0.1, -0.05) is 76.6 Å². The van der Waals surface area contributed by atoms with Crippen molar-refractivity contribution in [1.82, 2.24) is 40.4 Å². The fourth-order valence-corrected chi connectivity index (χ4v) is 11.1. The van der Waals surface area contributed by atoms with Gasteiger partial charge in [-0.05, 0) is 126 Å². The molecule has 2 saturated heterocycles. The first-order chi connectivity index (χ1) is 31.5. The number of hydrogen-bond donors (Lipinski definition) is 4. The Morgan fingerprint density at radius 1 is 0.692 bits per heavy atom. The summed E-state index contributed by atoms with van der Waals surface area (Å²) in [6.07, 6.45) is 9.48. The molecule has 3 aromatic carbocycles. The minimum absolute atomic E-state index is 0.0536. The van der Waals surface area contributed by atoms with Crippen molar-refractivity contribution in [3.8, 4) is 33.5 Å². The Morgan fingerprint density at radius 3 is 1.82 bits per heavy atom. The number of benzene rings is 3. The third kappa shape index (κ3) is 8.36. The third-order valence-corrected chi connectivity index (χ3v) is 14.8. The van der Waals surface area contributed by atoms with Crippen LogP contribution in [0.5, 0.6) is 0 Å². The van der Waals surface area contributed by atoms with E-state index in [4.69, 9.17) is 19.4 Å². The van der Waals surface area contributed by atoms with E-state index >= 15 is 0 Å². The summed E-state index contributed by atoms with van der Waals surface area (Å²) in [5.74, 6) is 2.15. The molecule has 3 fully saturated rings. The molecule has 5 atom stereocenters. The lowest BCUT2D eigenvalue weighted by Gasteiger charge is -2.41. The molecule has 14 heteroatoms. The van der Waals surface area contributed by atoms with Gasteiger partial charge in [-0.2, -0.15) is 0 Å². The van der Waals surface area contributed by atoms with E-state index in [1.165, 1.54) is 67.7 Å². The Kier molecular flexibility index (Phi) is 12.4. The van der Waals surface area contributed by atoms with E-state index in [1.807, 2.05) is 43.7 Å². The first-order valence-corrected chi connectivity index (χ1v) is 23.6. The minimum atomic E-state index is -0.685. The van der Waals surface area contributed by atoms with Crippen LogP contribution in [0.4, 0.5) is 9.59 Å². The van der Waals surface area contributed by atoms with Crippen molar-refractivity contribution in [2.75, 3.05) is 27.3 Å². The molecule has 5 aromatic rings. The molecule has 2 unspecified atom stereocenters. The molecule has 4 heterocycles. The Bertz CT molecular complexity index is 2570. The van der Waals surface area contributed by atoms with Crippen LogP contribution >= 0.6 is 0 Å². The fraction of sp³-hybridized carbons (Fsp3) is 0.490. The Hall–Kier alpha value is -6.18. The molecule has 4 N–H and O–H groups in total.